The molecule has 0 saturated carbocycles. The van der Waals surface area contributed by atoms with Gasteiger partial charge in [0.2, 0.25) is 0 Å². The first kappa shape index (κ1) is 53.9. The Kier molecular flexibility index (Phi) is 43.0. The molecule has 0 aromatic carbocycles. The van der Waals surface area contributed by atoms with Gasteiger partial charge >= 0.3 is 17.9 Å². The van der Waals surface area contributed by atoms with Crippen LogP contribution < -0.4 is 0 Å². The molecule has 0 N–H and O–H groups in total. The highest BCUT2D eigenvalue weighted by Crippen LogP contribution is 2.14. The van der Waals surface area contributed by atoms with Crippen LogP contribution in [0.1, 0.15) is 213 Å². The summed E-state index contributed by atoms with van der Waals surface area (Å²) in [6, 6.07) is 0. The van der Waals surface area contributed by atoms with Gasteiger partial charge < -0.3 is 14.2 Å². The van der Waals surface area contributed by atoms with Crippen molar-refractivity contribution in [2.24, 2.45) is 0 Å². The molecule has 0 amide bonds. The van der Waals surface area contributed by atoms with Gasteiger partial charge in [-0.2, -0.15) is 0 Å². The molecule has 1 unspecified atom stereocenters. The van der Waals surface area contributed by atoms with E-state index in [-0.39, 0.29) is 31.1 Å². The molecule has 6 nitrogen and oxygen atoms in total. The van der Waals surface area contributed by atoms with E-state index in [1.807, 2.05) is 0 Å². The van der Waals surface area contributed by atoms with Gasteiger partial charge in [-0.25, -0.2) is 0 Å². The minimum atomic E-state index is -0.786. The fourth-order valence-corrected chi connectivity index (χ4v) is 6.21. The van der Waals surface area contributed by atoms with Crippen molar-refractivity contribution >= 4 is 17.9 Å². The number of unbranched alkanes of at least 4 members (excludes halogenated alkanes) is 18. The quantitative estimate of drug-likeness (QED) is 0.0265. The summed E-state index contributed by atoms with van der Waals surface area (Å²) in [5, 5.41) is 0. The van der Waals surface area contributed by atoms with Crippen molar-refractivity contribution in [2.75, 3.05) is 13.2 Å². The summed E-state index contributed by atoms with van der Waals surface area (Å²) in [7, 11) is 0. The van der Waals surface area contributed by atoms with Gasteiger partial charge in [0.05, 0.1) is 0 Å². The van der Waals surface area contributed by atoms with Crippen LogP contribution in [0.3, 0.4) is 0 Å². The molecule has 0 aliphatic heterocycles. The molecule has 0 bridgehead atoms. The first-order valence-electron chi connectivity index (χ1n) is 23.4. The fourth-order valence-electron chi connectivity index (χ4n) is 6.21. The second-order valence-corrected chi connectivity index (χ2v) is 15.3. The highest BCUT2D eigenvalue weighted by Gasteiger charge is 2.19. The molecular formula is C51H86O6. The lowest BCUT2D eigenvalue weighted by atomic mass is 10.0. The van der Waals surface area contributed by atoms with Crippen molar-refractivity contribution in [1.82, 2.24) is 0 Å². The number of allylic oxidation sites excluding steroid dienone is 12. The molecule has 0 aliphatic rings. The lowest BCUT2D eigenvalue weighted by molar-refractivity contribution is -0.167. The standard InChI is InChI=1S/C51H86O6/c1-4-7-10-13-15-17-19-21-22-23-24-25-26-27-28-30-31-33-35-38-41-44-50(53)56-47-48(46-55-49(52)43-40-37-12-9-6-3)57-51(54)45-42-39-36-34-32-29-20-18-16-14-11-8-5-2/h7,10,15,17,21-22,24-25,27-28,31,33,48H,4-6,8-9,11-14,16,18-20,23,26,29-30,32,34-47H2,1-3H3/b10-7-,17-15-,22-21-,25-24-,28-27-,33-31-. The maximum atomic E-state index is 12.7. The fraction of sp³-hybridized carbons (Fsp3) is 0.706. The van der Waals surface area contributed by atoms with E-state index in [1.165, 1.54) is 70.6 Å². The summed E-state index contributed by atoms with van der Waals surface area (Å²) in [5.74, 6) is -0.951. The SMILES string of the molecule is CC/C=C\C/C=C\C/C=C\C/C=C\C/C=C\C/C=C\CCCCC(=O)OCC(COC(=O)CCCCCCC)OC(=O)CCCCCCCCCCCCCCC. The van der Waals surface area contributed by atoms with Gasteiger partial charge in [-0.05, 0) is 70.6 Å². The van der Waals surface area contributed by atoms with Crippen molar-refractivity contribution in [3.8, 4) is 0 Å². The van der Waals surface area contributed by atoms with Crippen LogP contribution in [-0.2, 0) is 28.6 Å². The predicted molar refractivity (Wildman–Crippen MR) is 242 cm³/mol. The van der Waals surface area contributed by atoms with Crippen molar-refractivity contribution in [2.45, 2.75) is 219 Å². The third-order valence-electron chi connectivity index (χ3n) is 9.73. The minimum absolute atomic E-state index is 0.0892. The largest absolute Gasteiger partial charge is 0.462 e. The molecule has 0 aromatic rings. The Bertz CT molecular complexity index is 1100. The number of esters is 3. The number of hydrogen-bond donors (Lipinski definition) is 0. The maximum absolute atomic E-state index is 12.7. The van der Waals surface area contributed by atoms with Crippen LogP contribution >= 0.6 is 0 Å². The third kappa shape index (κ3) is 43.8. The summed E-state index contributed by atoms with van der Waals surface area (Å²) in [6.45, 7) is 6.39. The summed E-state index contributed by atoms with van der Waals surface area (Å²) in [5.41, 5.74) is 0. The third-order valence-corrected chi connectivity index (χ3v) is 9.73. The lowest BCUT2D eigenvalue weighted by Crippen LogP contribution is -2.30. The molecule has 326 valence electrons. The molecule has 6 heteroatoms. The first-order valence-corrected chi connectivity index (χ1v) is 23.4. The van der Waals surface area contributed by atoms with Gasteiger partial charge in [0, 0.05) is 19.3 Å². The van der Waals surface area contributed by atoms with E-state index in [2.05, 4.69) is 93.7 Å². The van der Waals surface area contributed by atoms with E-state index in [0.29, 0.717) is 19.3 Å². The number of ether oxygens (including phenoxy) is 3. The highest BCUT2D eigenvalue weighted by atomic mass is 16.6. The van der Waals surface area contributed by atoms with Gasteiger partial charge in [-0.15, -0.1) is 0 Å². The van der Waals surface area contributed by atoms with E-state index in [9.17, 15) is 14.4 Å². The second kappa shape index (κ2) is 45.6. The molecule has 57 heavy (non-hydrogen) atoms. The molecule has 0 aliphatic carbocycles. The van der Waals surface area contributed by atoms with Gasteiger partial charge in [0.25, 0.3) is 0 Å². The zero-order chi connectivity index (χ0) is 41.5. The van der Waals surface area contributed by atoms with Gasteiger partial charge in [-0.3, -0.25) is 14.4 Å². The Hall–Kier alpha value is -3.15. The van der Waals surface area contributed by atoms with Crippen LogP contribution in [0, 0.1) is 0 Å². The number of hydrogen-bond acceptors (Lipinski definition) is 6. The smallest absolute Gasteiger partial charge is 0.306 e. The van der Waals surface area contributed by atoms with E-state index in [0.717, 1.165) is 103 Å². The Balaban J connectivity index is 4.28. The Morgan fingerprint density at radius 3 is 1.07 bits per heavy atom. The summed E-state index contributed by atoms with van der Waals surface area (Å²) in [4.78, 5) is 37.5. The van der Waals surface area contributed by atoms with E-state index in [4.69, 9.17) is 14.2 Å². The molecule has 0 fully saturated rings. The number of carbonyl (C=O) groups excluding carboxylic acids is 3. The molecular weight excluding hydrogens is 709 g/mol. The van der Waals surface area contributed by atoms with Crippen LogP contribution in [0.4, 0.5) is 0 Å². The molecule has 0 aromatic heterocycles. The summed E-state index contributed by atoms with van der Waals surface area (Å²) >= 11 is 0. The second-order valence-electron chi connectivity index (χ2n) is 15.3. The average Bonchev–Trinajstić information content (AvgIpc) is 3.21. The number of rotatable bonds is 41. The van der Waals surface area contributed by atoms with Crippen molar-refractivity contribution < 1.29 is 28.6 Å². The predicted octanol–water partition coefficient (Wildman–Crippen LogP) is 15.1. The van der Waals surface area contributed by atoms with E-state index >= 15 is 0 Å². The van der Waals surface area contributed by atoms with Crippen molar-refractivity contribution in [3.05, 3.63) is 72.9 Å². The minimum Gasteiger partial charge on any atom is -0.462 e. The van der Waals surface area contributed by atoms with Crippen LogP contribution in [0.25, 0.3) is 0 Å². The normalized spacial score (nSPS) is 12.7. The van der Waals surface area contributed by atoms with Gasteiger partial charge in [0.1, 0.15) is 13.2 Å². The lowest BCUT2D eigenvalue weighted by Gasteiger charge is -2.18. The van der Waals surface area contributed by atoms with Crippen LogP contribution in [0.2, 0.25) is 0 Å². The first-order chi connectivity index (χ1) is 28.0. The molecule has 0 radical (unpaired) electrons. The summed E-state index contributed by atoms with van der Waals surface area (Å²) in [6.07, 6.45) is 56.3. The van der Waals surface area contributed by atoms with Crippen molar-refractivity contribution in [1.29, 1.82) is 0 Å². The zero-order valence-corrected chi connectivity index (χ0v) is 37.1. The van der Waals surface area contributed by atoms with E-state index in [1.54, 1.807) is 0 Å². The van der Waals surface area contributed by atoms with Gasteiger partial charge in [-0.1, -0.05) is 196 Å². The Labute approximate surface area is 351 Å². The monoisotopic (exact) mass is 795 g/mol. The molecule has 0 rings (SSSR count). The molecule has 0 spiro atoms. The summed E-state index contributed by atoms with van der Waals surface area (Å²) < 4.78 is 16.6. The van der Waals surface area contributed by atoms with Gasteiger partial charge in [0.15, 0.2) is 6.10 Å². The topological polar surface area (TPSA) is 78.9 Å². The van der Waals surface area contributed by atoms with E-state index < -0.39 is 6.10 Å². The number of carbonyl (C=O) groups is 3. The molecule has 0 heterocycles. The zero-order valence-electron chi connectivity index (χ0n) is 37.1. The van der Waals surface area contributed by atoms with Crippen molar-refractivity contribution in [3.63, 3.8) is 0 Å². The van der Waals surface area contributed by atoms with Crippen LogP contribution in [0.5, 0.6) is 0 Å². The highest BCUT2D eigenvalue weighted by molar-refractivity contribution is 5.71. The molecule has 0 saturated heterocycles. The molecule has 1 atom stereocenters. The average molecular weight is 795 g/mol. The van der Waals surface area contributed by atoms with Crippen LogP contribution in [0.15, 0.2) is 72.9 Å². The van der Waals surface area contributed by atoms with Crippen LogP contribution in [-0.4, -0.2) is 37.2 Å². The Morgan fingerprint density at radius 1 is 0.368 bits per heavy atom. The Morgan fingerprint density at radius 2 is 0.684 bits per heavy atom. The maximum Gasteiger partial charge on any atom is 0.306 e.